The molecule has 0 rings (SSSR count). The van der Waals surface area contributed by atoms with Gasteiger partial charge in [0.25, 0.3) is 0 Å². The second kappa shape index (κ2) is 8.95. The molecule has 0 heterocycles. The molecule has 0 N–H and O–H groups in total. The van der Waals surface area contributed by atoms with Crippen LogP contribution in [-0.2, 0) is 14.3 Å². The minimum absolute atomic E-state index is 0.0660. The highest BCUT2D eigenvalue weighted by Gasteiger charge is 2.08. The van der Waals surface area contributed by atoms with Gasteiger partial charge >= 0.3 is 5.97 Å². The summed E-state index contributed by atoms with van der Waals surface area (Å²) in [7, 11) is 0. The maximum Gasteiger partial charge on any atom is 0.305 e. The van der Waals surface area contributed by atoms with Crippen molar-refractivity contribution in [2.24, 2.45) is 0 Å². The van der Waals surface area contributed by atoms with Gasteiger partial charge in [-0.25, -0.2) is 0 Å². The first kappa shape index (κ1) is 14.7. The number of rotatable bonds is 8. The van der Waals surface area contributed by atoms with E-state index in [4.69, 9.17) is 4.74 Å². The Hall–Kier alpha value is -1.32. The van der Waals surface area contributed by atoms with Gasteiger partial charge < -0.3 is 9.64 Å². The van der Waals surface area contributed by atoms with Crippen LogP contribution in [0, 0.1) is 0 Å². The van der Waals surface area contributed by atoms with E-state index in [1.54, 1.807) is 11.8 Å². The molecule has 0 aromatic heterocycles. The Morgan fingerprint density at radius 1 is 1.31 bits per heavy atom. The van der Waals surface area contributed by atoms with Gasteiger partial charge in [0.2, 0.25) is 5.91 Å². The number of ether oxygens (including phenoxy) is 1. The number of hydrogen-bond acceptors (Lipinski definition) is 3. The van der Waals surface area contributed by atoms with Crippen molar-refractivity contribution in [1.82, 2.24) is 4.90 Å². The largest absolute Gasteiger partial charge is 0.466 e. The fourth-order valence-electron chi connectivity index (χ4n) is 1.27. The number of hydrogen-bond donors (Lipinski definition) is 0. The van der Waals surface area contributed by atoms with Crippen LogP contribution in [0.1, 0.15) is 33.1 Å². The number of amides is 1. The summed E-state index contributed by atoms with van der Waals surface area (Å²) in [6, 6.07) is 0. The van der Waals surface area contributed by atoms with Crippen molar-refractivity contribution in [3.05, 3.63) is 12.7 Å². The van der Waals surface area contributed by atoms with Gasteiger partial charge in [0.15, 0.2) is 0 Å². The molecule has 0 radical (unpaired) electrons. The third kappa shape index (κ3) is 6.22. The lowest BCUT2D eigenvalue weighted by Crippen LogP contribution is -2.31. The number of esters is 1. The van der Waals surface area contributed by atoms with Crippen molar-refractivity contribution < 1.29 is 14.3 Å². The standard InChI is InChI=1S/C12H21NO3/c1-4-8-13(11(14)5-2)9-7-10-16-12(15)6-3/h5H,2,4,6-10H2,1,3H3. The molecule has 1 amide bonds. The van der Waals surface area contributed by atoms with Gasteiger partial charge in [-0.05, 0) is 18.9 Å². The summed E-state index contributed by atoms with van der Waals surface area (Å²) in [6.45, 7) is 8.92. The van der Waals surface area contributed by atoms with Gasteiger partial charge in [-0.1, -0.05) is 20.4 Å². The highest BCUT2D eigenvalue weighted by atomic mass is 16.5. The number of nitrogens with zero attached hydrogens (tertiary/aromatic N) is 1. The smallest absolute Gasteiger partial charge is 0.305 e. The zero-order valence-electron chi connectivity index (χ0n) is 10.2. The van der Waals surface area contributed by atoms with Crippen LogP contribution in [0.4, 0.5) is 0 Å². The summed E-state index contributed by atoms with van der Waals surface area (Å²) in [6.07, 6.45) is 3.29. The number of carbonyl (C=O) groups is 2. The zero-order valence-corrected chi connectivity index (χ0v) is 10.2. The topological polar surface area (TPSA) is 46.6 Å². The van der Waals surface area contributed by atoms with E-state index in [0.717, 1.165) is 6.42 Å². The lowest BCUT2D eigenvalue weighted by molar-refractivity contribution is -0.143. The molecule has 4 heteroatoms. The van der Waals surface area contributed by atoms with E-state index >= 15 is 0 Å². The summed E-state index contributed by atoms with van der Waals surface area (Å²) >= 11 is 0. The van der Waals surface area contributed by atoms with Crippen molar-refractivity contribution in [1.29, 1.82) is 0 Å². The minimum atomic E-state index is -0.197. The van der Waals surface area contributed by atoms with E-state index in [1.807, 2.05) is 6.92 Å². The predicted octanol–water partition coefficient (Wildman–Crippen LogP) is 1.75. The molecule has 0 aliphatic carbocycles. The summed E-state index contributed by atoms with van der Waals surface area (Å²) in [5.74, 6) is -0.263. The number of carbonyl (C=O) groups excluding carboxylic acids is 2. The van der Waals surface area contributed by atoms with E-state index < -0.39 is 0 Å². The van der Waals surface area contributed by atoms with Crippen LogP contribution in [0.5, 0.6) is 0 Å². The average molecular weight is 227 g/mol. The Morgan fingerprint density at radius 2 is 2.00 bits per heavy atom. The molecule has 16 heavy (non-hydrogen) atoms. The first-order valence-corrected chi connectivity index (χ1v) is 5.72. The van der Waals surface area contributed by atoms with Crippen LogP contribution in [0.3, 0.4) is 0 Å². The highest BCUT2D eigenvalue weighted by Crippen LogP contribution is 1.97. The molecular formula is C12H21NO3. The van der Waals surface area contributed by atoms with Crippen molar-refractivity contribution >= 4 is 11.9 Å². The summed E-state index contributed by atoms with van der Waals surface area (Å²) in [5, 5.41) is 0. The van der Waals surface area contributed by atoms with Gasteiger partial charge in [-0.2, -0.15) is 0 Å². The summed E-state index contributed by atoms with van der Waals surface area (Å²) < 4.78 is 4.93. The Kier molecular flexibility index (Phi) is 8.21. The van der Waals surface area contributed by atoms with Gasteiger partial charge in [-0.3, -0.25) is 9.59 Å². The van der Waals surface area contributed by atoms with E-state index in [0.29, 0.717) is 32.5 Å². The average Bonchev–Trinajstić information content (AvgIpc) is 2.31. The summed E-state index contributed by atoms with van der Waals surface area (Å²) in [5.41, 5.74) is 0. The van der Waals surface area contributed by atoms with Crippen LogP contribution < -0.4 is 0 Å². The Labute approximate surface area is 97.3 Å². The minimum Gasteiger partial charge on any atom is -0.466 e. The molecule has 0 spiro atoms. The van der Waals surface area contributed by atoms with Crippen LogP contribution >= 0.6 is 0 Å². The molecule has 0 unspecified atom stereocenters. The van der Waals surface area contributed by atoms with Gasteiger partial charge in [0, 0.05) is 19.5 Å². The van der Waals surface area contributed by atoms with Gasteiger partial charge in [0.1, 0.15) is 0 Å². The van der Waals surface area contributed by atoms with Crippen LogP contribution in [0.25, 0.3) is 0 Å². The fourth-order valence-corrected chi connectivity index (χ4v) is 1.27. The Morgan fingerprint density at radius 3 is 2.50 bits per heavy atom. The fraction of sp³-hybridized carbons (Fsp3) is 0.667. The van der Waals surface area contributed by atoms with Crippen molar-refractivity contribution in [2.75, 3.05) is 19.7 Å². The molecule has 4 nitrogen and oxygen atoms in total. The second-order valence-corrected chi connectivity index (χ2v) is 3.46. The van der Waals surface area contributed by atoms with E-state index in [1.165, 1.54) is 6.08 Å². The zero-order chi connectivity index (χ0) is 12.4. The molecule has 92 valence electrons. The maximum absolute atomic E-state index is 11.4. The molecule has 0 fully saturated rings. The normalized spacial score (nSPS) is 9.62. The molecule has 0 aromatic rings. The molecule has 0 aromatic carbocycles. The van der Waals surface area contributed by atoms with Crippen LogP contribution in [-0.4, -0.2) is 36.5 Å². The molecule has 0 saturated heterocycles. The lowest BCUT2D eigenvalue weighted by atomic mass is 10.3. The maximum atomic E-state index is 11.4. The lowest BCUT2D eigenvalue weighted by Gasteiger charge is -2.20. The first-order chi connectivity index (χ1) is 7.65. The van der Waals surface area contributed by atoms with E-state index in [9.17, 15) is 9.59 Å². The van der Waals surface area contributed by atoms with Crippen LogP contribution in [0.2, 0.25) is 0 Å². The quantitative estimate of drug-likeness (QED) is 0.360. The molecule has 0 atom stereocenters. The molecule has 0 aliphatic rings. The molecule has 0 aliphatic heterocycles. The summed E-state index contributed by atoms with van der Waals surface area (Å²) in [4.78, 5) is 24.0. The molecular weight excluding hydrogens is 206 g/mol. The van der Waals surface area contributed by atoms with Crippen molar-refractivity contribution in [2.45, 2.75) is 33.1 Å². The predicted molar refractivity (Wildman–Crippen MR) is 62.9 cm³/mol. The second-order valence-electron chi connectivity index (χ2n) is 3.46. The highest BCUT2D eigenvalue weighted by molar-refractivity contribution is 5.86. The van der Waals surface area contributed by atoms with E-state index in [2.05, 4.69) is 6.58 Å². The third-order valence-electron chi connectivity index (χ3n) is 2.10. The SMILES string of the molecule is C=CC(=O)N(CCC)CCCOC(=O)CC. The van der Waals surface area contributed by atoms with Gasteiger partial charge in [0.05, 0.1) is 6.61 Å². The van der Waals surface area contributed by atoms with Crippen molar-refractivity contribution in [3.63, 3.8) is 0 Å². The van der Waals surface area contributed by atoms with Crippen LogP contribution in [0.15, 0.2) is 12.7 Å². The van der Waals surface area contributed by atoms with Crippen molar-refractivity contribution in [3.8, 4) is 0 Å². The molecule has 0 bridgehead atoms. The monoisotopic (exact) mass is 227 g/mol. The van der Waals surface area contributed by atoms with E-state index in [-0.39, 0.29) is 11.9 Å². The Bertz CT molecular complexity index is 238. The Balaban J connectivity index is 3.80. The molecule has 0 saturated carbocycles. The third-order valence-corrected chi connectivity index (χ3v) is 2.10. The first-order valence-electron chi connectivity index (χ1n) is 5.72. The van der Waals surface area contributed by atoms with Gasteiger partial charge in [-0.15, -0.1) is 0 Å².